The Morgan fingerprint density at radius 3 is 2.58 bits per heavy atom. The number of carbonyl (C=O) groups is 1. The number of rotatable bonds is 7. The number of para-hydroxylation sites is 2. The molecule has 6 heteroatoms. The van der Waals surface area contributed by atoms with Gasteiger partial charge in [0, 0.05) is 25.0 Å². The van der Waals surface area contributed by atoms with Crippen LogP contribution in [0, 0.1) is 0 Å². The Balaban J connectivity index is 1.80. The topological polar surface area (TPSA) is 65.4 Å². The molecule has 0 aliphatic carbocycles. The van der Waals surface area contributed by atoms with E-state index in [1.807, 2.05) is 72.4 Å². The lowest BCUT2D eigenvalue weighted by Gasteiger charge is -2.21. The number of methoxy groups -OCH3 is 1. The van der Waals surface area contributed by atoms with Crippen LogP contribution >= 0.6 is 0 Å². The summed E-state index contributed by atoms with van der Waals surface area (Å²) in [6.45, 7) is -0.0832. The third kappa shape index (κ3) is 4.03. The number of hydrogen-bond donors (Lipinski definition) is 1. The molecule has 3 rings (SSSR count). The Labute approximate surface area is 152 Å². The van der Waals surface area contributed by atoms with Crippen molar-refractivity contribution in [2.75, 3.05) is 13.7 Å². The van der Waals surface area contributed by atoms with Crippen molar-refractivity contribution in [1.29, 1.82) is 0 Å². The first-order valence-electron chi connectivity index (χ1n) is 8.26. The molecule has 0 radical (unpaired) electrons. The van der Waals surface area contributed by atoms with E-state index in [1.54, 1.807) is 13.3 Å². The molecule has 2 aromatic carbocycles. The van der Waals surface area contributed by atoms with E-state index in [-0.39, 0.29) is 12.5 Å². The van der Waals surface area contributed by atoms with Crippen molar-refractivity contribution in [3.05, 3.63) is 78.4 Å². The van der Waals surface area contributed by atoms with Gasteiger partial charge in [0.15, 0.2) is 6.61 Å². The van der Waals surface area contributed by atoms with E-state index in [0.717, 1.165) is 5.56 Å². The van der Waals surface area contributed by atoms with Crippen molar-refractivity contribution in [2.24, 2.45) is 7.05 Å². The highest BCUT2D eigenvalue weighted by atomic mass is 16.5. The molecule has 0 aliphatic heterocycles. The molecule has 0 saturated heterocycles. The average Bonchev–Trinajstić information content (AvgIpc) is 3.11. The number of nitrogens with zero attached hydrogens (tertiary/aromatic N) is 2. The minimum absolute atomic E-state index is 0.0832. The maximum atomic E-state index is 12.5. The number of amides is 1. The number of nitrogens with one attached hydrogen (secondary N) is 1. The highest BCUT2D eigenvalue weighted by Gasteiger charge is 2.23. The summed E-state index contributed by atoms with van der Waals surface area (Å²) < 4.78 is 12.9. The van der Waals surface area contributed by atoms with Crippen LogP contribution in [0.3, 0.4) is 0 Å². The fourth-order valence-corrected chi connectivity index (χ4v) is 2.71. The second-order valence-corrected chi connectivity index (χ2v) is 5.74. The zero-order valence-corrected chi connectivity index (χ0v) is 14.8. The van der Waals surface area contributed by atoms with Crippen molar-refractivity contribution in [3.8, 4) is 11.5 Å². The monoisotopic (exact) mass is 351 g/mol. The number of carbonyl (C=O) groups excluding carboxylic acids is 1. The summed E-state index contributed by atoms with van der Waals surface area (Å²) in [5.74, 6) is 1.80. The first kappa shape index (κ1) is 17.5. The van der Waals surface area contributed by atoms with Gasteiger partial charge in [-0.1, -0.05) is 36.4 Å². The van der Waals surface area contributed by atoms with Crippen molar-refractivity contribution >= 4 is 5.91 Å². The first-order chi connectivity index (χ1) is 12.7. The molecule has 0 spiro atoms. The lowest BCUT2D eigenvalue weighted by atomic mass is 10.0. The lowest BCUT2D eigenvalue weighted by Crippen LogP contribution is -2.34. The fraction of sp³-hybridized carbons (Fsp3) is 0.200. The molecule has 0 saturated carbocycles. The molecule has 1 heterocycles. The summed E-state index contributed by atoms with van der Waals surface area (Å²) in [6.07, 6.45) is 3.54. The third-order valence-electron chi connectivity index (χ3n) is 3.99. The fourth-order valence-electron chi connectivity index (χ4n) is 2.71. The Morgan fingerprint density at radius 2 is 1.88 bits per heavy atom. The van der Waals surface area contributed by atoms with E-state index in [1.165, 1.54) is 0 Å². The Kier molecular flexibility index (Phi) is 5.53. The summed E-state index contributed by atoms with van der Waals surface area (Å²) in [6, 6.07) is 16.3. The van der Waals surface area contributed by atoms with Crippen LogP contribution in [0.2, 0.25) is 0 Å². The van der Waals surface area contributed by atoms with Gasteiger partial charge >= 0.3 is 0 Å². The van der Waals surface area contributed by atoms with Crippen molar-refractivity contribution in [1.82, 2.24) is 14.9 Å². The summed E-state index contributed by atoms with van der Waals surface area (Å²) in [5, 5.41) is 2.99. The van der Waals surface area contributed by atoms with E-state index in [9.17, 15) is 4.79 Å². The molecule has 3 aromatic rings. The van der Waals surface area contributed by atoms with Gasteiger partial charge in [-0.05, 0) is 18.2 Å². The predicted molar refractivity (Wildman–Crippen MR) is 98.1 cm³/mol. The SMILES string of the molecule is COc1ccccc1[C@H](NC(=O)COc1ccccc1)c1nccn1C. The van der Waals surface area contributed by atoms with E-state index < -0.39 is 6.04 Å². The van der Waals surface area contributed by atoms with Gasteiger partial charge in [-0.3, -0.25) is 4.79 Å². The number of aromatic nitrogens is 2. The summed E-state index contributed by atoms with van der Waals surface area (Å²) in [4.78, 5) is 16.9. The Morgan fingerprint density at radius 1 is 1.15 bits per heavy atom. The van der Waals surface area contributed by atoms with Gasteiger partial charge in [-0.2, -0.15) is 0 Å². The Hall–Kier alpha value is -3.28. The van der Waals surface area contributed by atoms with E-state index in [4.69, 9.17) is 9.47 Å². The zero-order valence-electron chi connectivity index (χ0n) is 14.8. The molecule has 1 N–H and O–H groups in total. The molecule has 26 heavy (non-hydrogen) atoms. The van der Waals surface area contributed by atoms with Gasteiger partial charge in [0.1, 0.15) is 23.4 Å². The second-order valence-electron chi connectivity index (χ2n) is 5.74. The Bertz CT molecular complexity index is 862. The molecule has 134 valence electrons. The average molecular weight is 351 g/mol. The molecule has 1 aromatic heterocycles. The molecular weight excluding hydrogens is 330 g/mol. The molecule has 1 amide bonds. The minimum Gasteiger partial charge on any atom is -0.496 e. The lowest BCUT2D eigenvalue weighted by molar-refractivity contribution is -0.123. The van der Waals surface area contributed by atoms with Crippen LogP contribution in [0.5, 0.6) is 11.5 Å². The zero-order chi connectivity index (χ0) is 18.4. The maximum absolute atomic E-state index is 12.5. The maximum Gasteiger partial charge on any atom is 0.258 e. The summed E-state index contributed by atoms with van der Waals surface area (Å²) in [7, 11) is 3.49. The van der Waals surface area contributed by atoms with Gasteiger partial charge < -0.3 is 19.4 Å². The second kappa shape index (κ2) is 8.20. The van der Waals surface area contributed by atoms with Crippen LogP contribution in [0.4, 0.5) is 0 Å². The molecule has 0 aliphatic rings. The molecule has 6 nitrogen and oxygen atoms in total. The van der Waals surface area contributed by atoms with Crippen LogP contribution in [0.1, 0.15) is 17.4 Å². The quantitative estimate of drug-likeness (QED) is 0.711. The van der Waals surface area contributed by atoms with Crippen LogP contribution in [-0.4, -0.2) is 29.2 Å². The smallest absolute Gasteiger partial charge is 0.258 e. The van der Waals surface area contributed by atoms with Gasteiger partial charge in [0.05, 0.1) is 7.11 Å². The van der Waals surface area contributed by atoms with Gasteiger partial charge in [0.25, 0.3) is 5.91 Å². The summed E-state index contributed by atoms with van der Waals surface area (Å²) in [5.41, 5.74) is 0.831. The number of imidazole rings is 1. The standard InChI is InChI=1S/C20H21N3O3/c1-23-13-12-21-20(23)19(16-10-6-7-11-17(16)25-2)22-18(24)14-26-15-8-4-3-5-9-15/h3-13,19H,14H2,1-2H3,(H,22,24)/t19-/m0/s1. The highest BCUT2D eigenvalue weighted by molar-refractivity contribution is 5.78. The largest absolute Gasteiger partial charge is 0.496 e. The van der Waals surface area contributed by atoms with Gasteiger partial charge in [-0.25, -0.2) is 4.98 Å². The molecule has 0 bridgehead atoms. The van der Waals surface area contributed by atoms with E-state index in [2.05, 4.69) is 10.3 Å². The molecule has 0 unspecified atom stereocenters. The van der Waals surface area contributed by atoms with Gasteiger partial charge in [0.2, 0.25) is 0 Å². The number of benzene rings is 2. The summed E-state index contributed by atoms with van der Waals surface area (Å²) >= 11 is 0. The van der Waals surface area contributed by atoms with Crippen LogP contribution in [0.15, 0.2) is 67.0 Å². The molecule has 0 fully saturated rings. The molecular formula is C20H21N3O3. The van der Waals surface area contributed by atoms with E-state index in [0.29, 0.717) is 17.3 Å². The molecule has 1 atom stereocenters. The predicted octanol–water partition coefficient (Wildman–Crippen LogP) is 2.71. The van der Waals surface area contributed by atoms with E-state index >= 15 is 0 Å². The van der Waals surface area contributed by atoms with Crippen LogP contribution in [0.25, 0.3) is 0 Å². The number of ether oxygens (including phenoxy) is 2. The van der Waals surface area contributed by atoms with Gasteiger partial charge in [-0.15, -0.1) is 0 Å². The first-order valence-corrected chi connectivity index (χ1v) is 8.26. The minimum atomic E-state index is -0.446. The number of aryl methyl sites for hydroxylation is 1. The van der Waals surface area contributed by atoms with Crippen molar-refractivity contribution in [3.63, 3.8) is 0 Å². The van der Waals surface area contributed by atoms with Crippen molar-refractivity contribution < 1.29 is 14.3 Å². The number of hydrogen-bond acceptors (Lipinski definition) is 4. The third-order valence-corrected chi connectivity index (χ3v) is 3.99. The van der Waals surface area contributed by atoms with Crippen LogP contribution < -0.4 is 14.8 Å². The normalized spacial score (nSPS) is 11.6. The van der Waals surface area contributed by atoms with Crippen molar-refractivity contribution in [2.45, 2.75) is 6.04 Å². The highest BCUT2D eigenvalue weighted by Crippen LogP contribution is 2.28. The van der Waals surface area contributed by atoms with Crippen LogP contribution in [-0.2, 0) is 11.8 Å².